The normalized spacial score (nSPS) is 17.2. The molecule has 4 aromatic rings. The van der Waals surface area contributed by atoms with Crippen LogP contribution in [0.4, 0.5) is 0 Å². The summed E-state index contributed by atoms with van der Waals surface area (Å²) in [5, 5.41) is 8.77. The minimum atomic E-state index is -3.86. The number of aryl methyl sites for hydroxylation is 3. The maximum absolute atomic E-state index is 14.0. The molecule has 2 heterocycles. The maximum atomic E-state index is 14.0. The number of ether oxygens (including phenoxy) is 1. The zero-order chi connectivity index (χ0) is 33.4. The van der Waals surface area contributed by atoms with Crippen molar-refractivity contribution in [2.75, 3.05) is 6.54 Å². The lowest BCUT2D eigenvalue weighted by molar-refractivity contribution is -0.130. The molecule has 2 N–H and O–H groups in total. The van der Waals surface area contributed by atoms with Crippen molar-refractivity contribution in [1.82, 2.24) is 19.3 Å². The molecule has 11 heteroatoms. The molecule has 1 aromatic heterocycles. The predicted molar refractivity (Wildman–Crippen MR) is 177 cm³/mol. The fourth-order valence-corrected chi connectivity index (χ4v) is 8.04. The van der Waals surface area contributed by atoms with Crippen LogP contribution in [0.5, 0.6) is 5.75 Å². The van der Waals surface area contributed by atoms with Gasteiger partial charge in [0.2, 0.25) is 15.9 Å². The maximum Gasteiger partial charge on any atom is 0.247 e. The fourth-order valence-electron chi connectivity index (χ4n) is 6.47. The monoisotopic (exact) mass is 645 g/mol. The number of hydrogen-bond donors (Lipinski definition) is 1. The minimum Gasteiger partial charge on any atom is -0.488 e. The number of benzene rings is 3. The highest BCUT2D eigenvalue weighted by Gasteiger charge is 2.40. The summed E-state index contributed by atoms with van der Waals surface area (Å²) in [6.07, 6.45) is 0.330. The summed E-state index contributed by atoms with van der Waals surface area (Å²) in [5.41, 5.74) is 10.6. The molecule has 0 saturated heterocycles. The number of carbonyl (C=O) groups is 2. The van der Waals surface area contributed by atoms with Gasteiger partial charge >= 0.3 is 0 Å². The number of ketones is 1. The number of carbonyl (C=O) groups excluding carboxylic acids is 2. The second-order valence-corrected chi connectivity index (χ2v) is 14.6. The predicted octanol–water partition coefficient (Wildman–Crippen LogP) is 5.42. The van der Waals surface area contributed by atoms with E-state index in [1.54, 1.807) is 24.3 Å². The van der Waals surface area contributed by atoms with Crippen LogP contribution in [0.1, 0.15) is 80.7 Å². The Kier molecular flexibility index (Phi) is 9.38. The van der Waals surface area contributed by atoms with Gasteiger partial charge in [0.15, 0.2) is 0 Å². The largest absolute Gasteiger partial charge is 0.488 e. The highest BCUT2D eigenvalue weighted by Crippen LogP contribution is 2.45. The number of nitrogens with two attached hydrogens (primary N) is 1. The molecule has 0 aliphatic carbocycles. The van der Waals surface area contributed by atoms with Crippen LogP contribution in [-0.4, -0.2) is 52.1 Å². The summed E-state index contributed by atoms with van der Waals surface area (Å²) in [7, 11) is -3.86. The molecular weight excluding hydrogens is 602 g/mol. The van der Waals surface area contributed by atoms with E-state index in [1.807, 2.05) is 76.6 Å². The van der Waals surface area contributed by atoms with Crippen molar-refractivity contribution in [2.24, 2.45) is 11.1 Å². The molecule has 0 bridgehead atoms. The highest BCUT2D eigenvalue weighted by atomic mass is 32.2. The smallest absolute Gasteiger partial charge is 0.247 e. The number of para-hydroxylation sites is 1. The number of Topliss-reactive ketones (excluding diaryl/α,β-unsaturated/α-hetero) is 1. The van der Waals surface area contributed by atoms with Crippen LogP contribution >= 0.6 is 0 Å². The van der Waals surface area contributed by atoms with Gasteiger partial charge in [-0.1, -0.05) is 62.4 Å². The van der Waals surface area contributed by atoms with Crippen LogP contribution in [0.2, 0.25) is 0 Å². The van der Waals surface area contributed by atoms with Gasteiger partial charge in [-0.25, -0.2) is 13.1 Å². The first-order valence-electron chi connectivity index (χ1n) is 15.8. The van der Waals surface area contributed by atoms with E-state index in [4.69, 9.17) is 10.5 Å². The van der Waals surface area contributed by atoms with E-state index in [9.17, 15) is 18.0 Å². The second kappa shape index (κ2) is 13.0. The lowest BCUT2D eigenvalue weighted by atomic mass is 9.67. The van der Waals surface area contributed by atoms with Crippen molar-refractivity contribution in [1.29, 1.82) is 0 Å². The first-order valence-corrected chi connectivity index (χ1v) is 17.2. The van der Waals surface area contributed by atoms with Crippen LogP contribution in [0.25, 0.3) is 11.0 Å². The van der Waals surface area contributed by atoms with Crippen LogP contribution in [0, 0.1) is 19.3 Å². The van der Waals surface area contributed by atoms with E-state index >= 15 is 0 Å². The standard InChI is InChI=1S/C35H43N5O5S/c1-7-26-21-39(46(43,44)30-12-10-9-11-29(30)45-26)20-25-19-24(14-13-22(25)3)33(35(5,6)31(41)17-18-32(36)42)27-15-16-28-34(23(27)4)37-38-40(28)8-2/h9-16,19,26,33H,7-8,17-18,20-21H2,1-6H3,(H2,36,42)/t26-,33+/m1/s1. The molecular formula is C35H43N5O5S. The first kappa shape index (κ1) is 33.3. The van der Waals surface area contributed by atoms with Crippen molar-refractivity contribution < 1.29 is 22.7 Å². The molecule has 0 unspecified atom stereocenters. The van der Waals surface area contributed by atoms with Gasteiger partial charge in [-0.3, -0.25) is 9.59 Å². The molecule has 0 saturated carbocycles. The number of primary amides is 1. The lowest BCUT2D eigenvalue weighted by Gasteiger charge is -2.35. The molecule has 1 aliphatic rings. The van der Waals surface area contributed by atoms with Crippen LogP contribution in [0.3, 0.4) is 0 Å². The lowest BCUT2D eigenvalue weighted by Crippen LogP contribution is -2.36. The van der Waals surface area contributed by atoms with Gasteiger partial charge < -0.3 is 10.5 Å². The van der Waals surface area contributed by atoms with E-state index in [2.05, 4.69) is 10.3 Å². The van der Waals surface area contributed by atoms with E-state index in [0.29, 0.717) is 18.7 Å². The number of hydrogen-bond acceptors (Lipinski definition) is 7. The molecule has 1 aliphatic heterocycles. The Morgan fingerprint density at radius 3 is 2.50 bits per heavy atom. The van der Waals surface area contributed by atoms with Crippen LogP contribution in [-0.2, 0) is 32.7 Å². The molecule has 10 nitrogen and oxygen atoms in total. The molecule has 2 atom stereocenters. The van der Waals surface area contributed by atoms with Crippen LogP contribution < -0.4 is 10.5 Å². The third kappa shape index (κ3) is 6.18. The summed E-state index contributed by atoms with van der Waals surface area (Å²) in [6.45, 7) is 12.8. The molecule has 5 rings (SSSR count). The Balaban J connectivity index is 1.63. The molecule has 46 heavy (non-hydrogen) atoms. The number of nitrogens with zero attached hydrogens (tertiary/aromatic N) is 4. The molecule has 0 radical (unpaired) electrons. The van der Waals surface area contributed by atoms with Gasteiger partial charge in [0.05, 0.1) is 12.1 Å². The fraction of sp³-hybridized carbons (Fsp3) is 0.429. The first-order chi connectivity index (χ1) is 21.8. The van der Waals surface area contributed by atoms with E-state index in [0.717, 1.165) is 38.9 Å². The van der Waals surface area contributed by atoms with E-state index < -0.39 is 27.3 Å². The topological polar surface area (TPSA) is 137 Å². The van der Waals surface area contributed by atoms with Crippen LogP contribution in [0.15, 0.2) is 59.5 Å². The van der Waals surface area contributed by atoms with E-state index in [1.165, 1.54) is 4.31 Å². The Hall–Kier alpha value is -4.09. The van der Waals surface area contributed by atoms with Crippen molar-refractivity contribution in [2.45, 2.75) is 90.8 Å². The third-order valence-corrected chi connectivity index (χ3v) is 11.2. The number of rotatable bonds is 11. The Labute approximate surface area is 271 Å². The van der Waals surface area contributed by atoms with Gasteiger partial charge in [-0.2, -0.15) is 4.31 Å². The van der Waals surface area contributed by atoms with Gasteiger partial charge in [-0.15, -0.1) is 5.10 Å². The summed E-state index contributed by atoms with van der Waals surface area (Å²) in [4.78, 5) is 25.6. The Bertz CT molecular complexity index is 1900. The summed E-state index contributed by atoms with van der Waals surface area (Å²) >= 11 is 0. The molecule has 244 valence electrons. The second-order valence-electron chi connectivity index (χ2n) is 12.7. The minimum absolute atomic E-state index is 0.0225. The SMILES string of the molecule is CC[C@@H]1CN(Cc2cc([C@@H](c3ccc4c(nnn4CC)c3C)C(C)(C)C(=O)CCC(N)=O)ccc2C)S(=O)(=O)c2ccccc2O1. The van der Waals surface area contributed by atoms with Crippen molar-refractivity contribution in [3.63, 3.8) is 0 Å². The number of fused-ring (bicyclic) bond motifs is 2. The summed E-state index contributed by atoms with van der Waals surface area (Å²) in [5.74, 6) is -0.687. The van der Waals surface area contributed by atoms with Crippen molar-refractivity contribution in [3.8, 4) is 5.75 Å². The third-order valence-electron chi connectivity index (χ3n) is 9.31. The Morgan fingerprint density at radius 2 is 1.80 bits per heavy atom. The molecule has 0 fully saturated rings. The quantitative estimate of drug-likeness (QED) is 0.230. The van der Waals surface area contributed by atoms with Crippen molar-refractivity contribution in [3.05, 3.63) is 82.4 Å². The molecule has 1 amide bonds. The average Bonchev–Trinajstić information content (AvgIpc) is 3.41. The zero-order valence-corrected chi connectivity index (χ0v) is 28.2. The average molecular weight is 646 g/mol. The van der Waals surface area contributed by atoms with Gasteiger partial charge in [0, 0.05) is 37.3 Å². The molecule has 3 aromatic carbocycles. The van der Waals surface area contributed by atoms with E-state index in [-0.39, 0.29) is 42.7 Å². The Morgan fingerprint density at radius 1 is 1.07 bits per heavy atom. The summed E-state index contributed by atoms with van der Waals surface area (Å²) < 4.78 is 37.4. The highest BCUT2D eigenvalue weighted by molar-refractivity contribution is 7.89. The van der Waals surface area contributed by atoms with Gasteiger partial charge in [-0.05, 0) is 73.2 Å². The van der Waals surface area contributed by atoms with Gasteiger partial charge in [0.1, 0.15) is 28.0 Å². The van der Waals surface area contributed by atoms with Gasteiger partial charge in [0.25, 0.3) is 0 Å². The number of sulfonamides is 1. The zero-order valence-electron chi connectivity index (χ0n) is 27.4. The summed E-state index contributed by atoms with van der Waals surface area (Å²) in [6, 6.07) is 16.8. The van der Waals surface area contributed by atoms with Crippen molar-refractivity contribution >= 4 is 32.7 Å². The number of aromatic nitrogens is 3. The molecule has 0 spiro atoms. The number of amides is 1.